The first-order valence-corrected chi connectivity index (χ1v) is 11.7. The van der Waals surface area contributed by atoms with Crippen LogP contribution in [0.3, 0.4) is 0 Å². The number of anilines is 1. The number of halogens is 1. The standard InChI is InChI=1S/C26H34FN3O3/c1-17-18(2)24(33-16-26(31)28-3)11-9-21(17)23-7-5-6-20-15-29(12-13-30(20)23)19-8-10-22(27)25(14-19)32-4/h8-11,14,20,23H,5-7,12-13,15-16H2,1-4H3,(H,28,31)/t20-,23+/m0/s1. The predicted octanol–water partition coefficient (Wildman–Crippen LogP) is 3.99. The number of nitrogens with zero attached hydrogens (tertiary/aromatic N) is 2. The molecule has 33 heavy (non-hydrogen) atoms. The maximum absolute atomic E-state index is 13.9. The maximum atomic E-state index is 13.9. The minimum absolute atomic E-state index is 0.0256. The molecule has 178 valence electrons. The Morgan fingerprint density at radius 1 is 1.12 bits per heavy atom. The van der Waals surface area contributed by atoms with Gasteiger partial charge >= 0.3 is 0 Å². The zero-order valence-corrected chi connectivity index (χ0v) is 20.0. The van der Waals surface area contributed by atoms with Gasteiger partial charge in [0.05, 0.1) is 7.11 Å². The first-order chi connectivity index (χ1) is 15.9. The number of likely N-dealkylation sites (N-methyl/N-ethyl adjacent to an activating group) is 1. The van der Waals surface area contributed by atoms with Crippen molar-refractivity contribution in [2.24, 2.45) is 0 Å². The van der Waals surface area contributed by atoms with Gasteiger partial charge in [0.1, 0.15) is 5.75 Å². The lowest BCUT2D eigenvalue weighted by Crippen LogP contribution is -2.56. The fourth-order valence-corrected chi connectivity index (χ4v) is 5.21. The normalized spacial score (nSPS) is 20.8. The molecule has 2 heterocycles. The highest BCUT2D eigenvalue weighted by Gasteiger charge is 2.36. The average Bonchev–Trinajstić information content (AvgIpc) is 2.84. The second-order valence-electron chi connectivity index (χ2n) is 8.97. The second kappa shape index (κ2) is 10.00. The van der Waals surface area contributed by atoms with E-state index in [0.717, 1.165) is 49.5 Å². The number of piperazine rings is 1. The van der Waals surface area contributed by atoms with Gasteiger partial charge in [-0.05, 0) is 68.0 Å². The molecule has 2 atom stereocenters. The number of methoxy groups -OCH3 is 1. The maximum Gasteiger partial charge on any atom is 0.257 e. The molecular formula is C26H34FN3O3. The van der Waals surface area contributed by atoms with Gasteiger partial charge in [0.15, 0.2) is 18.2 Å². The van der Waals surface area contributed by atoms with Crippen LogP contribution in [0, 0.1) is 19.7 Å². The summed E-state index contributed by atoms with van der Waals surface area (Å²) < 4.78 is 24.8. The molecule has 2 aliphatic rings. The van der Waals surface area contributed by atoms with Gasteiger partial charge in [-0.1, -0.05) is 6.07 Å². The summed E-state index contributed by atoms with van der Waals surface area (Å²) in [5.41, 5.74) is 4.69. The van der Waals surface area contributed by atoms with E-state index in [0.29, 0.717) is 17.8 Å². The Morgan fingerprint density at radius 2 is 1.94 bits per heavy atom. The molecule has 0 saturated carbocycles. The van der Waals surface area contributed by atoms with E-state index in [9.17, 15) is 9.18 Å². The van der Waals surface area contributed by atoms with Crippen LogP contribution in [0.25, 0.3) is 0 Å². The summed E-state index contributed by atoms with van der Waals surface area (Å²) in [5, 5.41) is 2.59. The number of rotatable bonds is 6. The van der Waals surface area contributed by atoms with Gasteiger partial charge in [0.25, 0.3) is 5.91 Å². The van der Waals surface area contributed by atoms with E-state index in [1.165, 1.54) is 30.7 Å². The zero-order chi connectivity index (χ0) is 23.5. The van der Waals surface area contributed by atoms with Crippen LogP contribution in [0.1, 0.15) is 42.0 Å². The molecule has 2 saturated heterocycles. The van der Waals surface area contributed by atoms with Crippen molar-refractivity contribution in [3.63, 3.8) is 0 Å². The molecule has 0 bridgehead atoms. The number of piperidine rings is 1. The van der Waals surface area contributed by atoms with Crippen LogP contribution in [-0.4, -0.2) is 57.2 Å². The molecule has 1 N–H and O–H groups in total. The first kappa shape index (κ1) is 23.4. The highest BCUT2D eigenvalue weighted by Crippen LogP contribution is 2.40. The van der Waals surface area contributed by atoms with Crippen molar-refractivity contribution in [1.29, 1.82) is 0 Å². The largest absolute Gasteiger partial charge is 0.494 e. The van der Waals surface area contributed by atoms with Crippen LogP contribution < -0.4 is 19.7 Å². The quantitative estimate of drug-likeness (QED) is 0.714. The minimum Gasteiger partial charge on any atom is -0.494 e. The van der Waals surface area contributed by atoms with Gasteiger partial charge in [-0.25, -0.2) is 4.39 Å². The molecular weight excluding hydrogens is 421 g/mol. The Balaban J connectivity index is 1.50. The summed E-state index contributed by atoms with van der Waals surface area (Å²) in [6.45, 7) is 7.03. The topological polar surface area (TPSA) is 54.0 Å². The Kier molecular flexibility index (Phi) is 7.08. The molecule has 0 aliphatic carbocycles. The van der Waals surface area contributed by atoms with Gasteiger partial charge in [-0.3, -0.25) is 9.69 Å². The van der Waals surface area contributed by atoms with Gasteiger partial charge in [0.2, 0.25) is 0 Å². The third-order valence-corrected chi connectivity index (χ3v) is 7.22. The molecule has 0 radical (unpaired) electrons. The van der Waals surface area contributed by atoms with Crippen molar-refractivity contribution in [2.45, 2.75) is 45.2 Å². The van der Waals surface area contributed by atoms with E-state index in [-0.39, 0.29) is 18.3 Å². The third-order valence-electron chi connectivity index (χ3n) is 7.22. The number of ether oxygens (including phenoxy) is 2. The number of fused-ring (bicyclic) bond motifs is 1. The van der Waals surface area contributed by atoms with Gasteiger partial charge in [0, 0.05) is 50.5 Å². The summed E-state index contributed by atoms with van der Waals surface area (Å²) in [6, 6.07) is 10.1. The van der Waals surface area contributed by atoms with E-state index < -0.39 is 0 Å². The van der Waals surface area contributed by atoms with Crippen LogP contribution in [0.15, 0.2) is 30.3 Å². The fraction of sp³-hybridized carbons (Fsp3) is 0.500. The van der Waals surface area contributed by atoms with Crippen molar-refractivity contribution in [1.82, 2.24) is 10.2 Å². The van der Waals surface area contributed by atoms with Crippen molar-refractivity contribution in [2.75, 3.05) is 45.3 Å². The summed E-state index contributed by atoms with van der Waals surface area (Å²) in [7, 11) is 3.11. The van der Waals surface area contributed by atoms with Gasteiger partial charge in [-0.15, -0.1) is 0 Å². The number of hydrogen-bond acceptors (Lipinski definition) is 5. The van der Waals surface area contributed by atoms with Gasteiger partial charge in [-0.2, -0.15) is 0 Å². The molecule has 2 fully saturated rings. The number of hydrogen-bond donors (Lipinski definition) is 1. The molecule has 6 nitrogen and oxygen atoms in total. The summed E-state index contributed by atoms with van der Waals surface area (Å²) in [6.07, 6.45) is 3.48. The number of benzene rings is 2. The lowest BCUT2D eigenvalue weighted by molar-refractivity contribution is -0.122. The number of carbonyl (C=O) groups excluding carboxylic acids is 1. The molecule has 2 aromatic carbocycles. The smallest absolute Gasteiger partial charge is 0.257 e. The van der Waals surface area contributed by atoms with E-state index in [4.69, 9.17) is 9.47 Å². The van der Waals surface area contributed by atoms with E-state index in [2.05, 4.69) is 35.0 Å². The van der Waals surface area contributed by atoms with Crippen molar-refractivity contribution in [3.8, 4) is 11.5 Å². The monoisotopic (exact) mass is 455 g/mol. The number of amides is 1. The lowest BCUT2D eigenvalue weighted by Gasteiger charge is -2.49. The van der Waals surface area contributed by atoms with E-state index in [1.807, 2.05) is 12.1 Å². The highest BCUT2D eigenvalue weighted by atomic mass is 19.1. The van der Waals surface area contributed by atoms with Crippen LogP contribution >= 0.6 is 0 Å². The number of carbonyl (C=O) groups is 1. The second-order valence-corrected chi connectivity index (χ2v) is 8.97. The predicted molar refractivity (Wildman–Crippen MR) is 128 cm³/mol. The first-order valence-electron chi connectivity index (χ1n) is 11.7. The number of nitrogens with one attached hydrogen (secondary N) is 1. The van der Waals surface area contributed by atoms with Crippen molar-refractivity contribution >= 4 is 11.6 Å². The zero-order valence-electron chi connectivity index (χ0n) is 20.0. The summed E-state index contributed by atoms with van der Waals surface area (Å²) in [5.74, 6) is 0.595. The molecule has 7 heteroatoms. The Morgan fingerprint density at radius 3 is 2.70 bits per heavy atom. The molecule has 2 aromatic rings. The van der Waals surface area contributed by atoms with Gasteiger partial charge < -0.3 is 19.7 Å². The molecule has 4 rings (SSSR count). The van der Waals surface area contributed by atoms with Crippen LogP contribution in [-0.2, 0) is 4.79 Å². The van der Waals surface area contributed by atoms with Crippen molar-refractivity contribution in [3.05, 3.63) is 52.8 Å². The fourth-order valence-electron chi connectivity index (χ4n) is 5.21. The Hall–Kier alpha value is -2.80. The van der Waals surface area contributed by atoms with Crippen molar-refractivity contribution < 1.29 is 18.7 Å². The Bertz CT molecular complexity index is 1010. The third kappa shape index (κ3) is 4.78. The Labute approximate surface area is 195 Å². The highest BCUT2D eigenvalue weighted by molar-refractivity contribution is 5.77. The van der Waals surface area contributed by atoms with E-state index >= 15 is 0 Å². The van der Waals surface area contributed by atoms with Crippen LogP contribution in [0.4, 0.5) is 10.1 Å². The van der Waals surface area contributed by atoms with E-state index in [1.54, 1.807) is 13.1 Å². The average molecular weight is 456 g/mol. The summed E-state index contributed by atoms with van der Waals surface area (Å²) in [4.78, 5) is 16.6. The van der Waals surface area contributed by atoms with Crippen LogP contribution in [0.5, 0.6) is 11.5 Å². The molecule has 0 aromatic heterocycles. The minimum atomic E-state index is -0.328. The molecule has 2 aliphatic heterocycles. The molecule has 0 unspecified atom stereocenters. The molecule has 1 amide bonds. The molecule has 0 spiro atoms. The lowest BCUT2D eigenvalue weighted by atomic mass is 9.86. The summed E-state index contributed by atoms with van der Waals surface area (Å²) >= 11 is 0. The van der Waals surface area contributed by atoms with Crippen LogP contribution in [0.2, 0.25) is 0 Å². The SMILES string of the molecule is CNC(=O)COc1ccc([C@H]2CCC[C@H]3CN(c4ccc(F)c(OC)c4)CCN32)c(C)c1C.